The van der Waals surface area contributed by atoms with Gasteiger partial charge in [-0.1, -0.05) is 6.07 Å². The molecule has 1 saturated heterocycles. The zero-order valence-corrected chi connectivity index (χ0v) is 16.1. The molecule has 1 aromatic carbocycles. The molecule has 28 heavy (non-hydrogen) atoms. The monoisotopic (exact) mass is 383 g/mol. The Morgan fingerprint density at radius 2 is 1.75 bits per heavy atom. The van der Waals surface area contributed by atoms with Crippen LogP contribution in [0.15, 0.2) is 23.0 Å². The molecule has 2 amide bonds. The van der Waals surface area contributed by atoms with E-state index in [0.29, 0.717) is 36.5 Å². The first-order valence-electron chi connectivity index (χ1n) is 9.99. The van der Waals surface area contributed by atoms with E-state index in [0.717, 1.165) is 36.8 Å². The maximum absolute atomic E-state index is 12.8. The number of carbonyl (C=O) groups excluding carboxylic acids is 3. The number of fused-ring (bicyclic) bond motifs is 1. The van der Waals surface area contributed by atoms with Crippen molar-refractivity contribution in [1.82, 2.24) is 14.5 Å². The third-order valence-electron chi connectivity index (χ3n) is 6.18. The van der Waals surface area contributed by atoms with E-state index in [9.17, 15) is 19.2 Å². The number of benzene rings is 1. The number of carbonyl (C=O) groups is 3. The van der Waals surface area contributed by atoms with E-state index < -0.39 is 11.9 Å². The average Bonchev–Trinajstić information content (AvgIpc) is 2.92. The SMILES string of the molecule is Cn1c(=O)n(C2CCC(=O)NC2=O)c2ccc(CCC3CCC(=O)CC3)cc21. The fraction of sp³-hybridized carbons (Fsp3) is 0.524. The average molecular weight is 383 g/mol. The topological polar surface area (TPSA) is 90.2 Å². The minimum Gasteiger partial charge on any atom is -0.300 e. The van der Waals surface area contributed by atoms with Crippen LogP contribution >= 0.6 is 0 Å². The van der Waals surface area contributed by atoms with E-state index in [1.807, 2.05) is 18.2 Å². The van der Waals surface area contributed by atoms with Gasteiger partial charge < -0.3 is 0 Å². The van der Waals surface area contributed by atoms with Gasteiger partial charge in [0.1, 0.15) is 11.8 Å². The van der Waals surface area contributed by atoms with Gasteiger partial charge in [-0.05, 0) is 55.7 Å². The van der Waals surface area contributed by atoms with Crippen LogP contribution < -0.4 is 11.0 Å². The first-order valence-corrected chi connectivity index (χ1v) is 9.99. The number of imide groups is 1. The molecule has 0 bridgehead atoms. The van der Waals surface area contributed by atoms with Gasteiger partial charge in [0.2, 0.25) is 11.8 Å². The lowest BCUT2D eigenvalue weighted by atomic mass is 9.84. The van der Waals surface area contributed by atoms with Crippen molar-refractivity contribution >= 4 is 28.6 Å². The standard InChI is InChI=1S/C21H25N3O4/c1-23-18-12-14(3-2-13-4-7-15(25)8-5-13)6-9-16(18)24(21(23)28)17-10-11-19(26)22-20(17)27/h6,9,12-13,17H,2-5,7-8,10-11H2,1H3,(H,22,26,27). The number of hydrogen-bond acceptors (Lipinski definition) is 4. The zero-order valence-electron chi connectivity index (χ0n) is 16.1. The summed E-state index contributed by atoms with van der Waals surface area (Å²) in [5.74, 6) is 0.260. The first-order chi connectivity index (χ1) is 13.4. The molecule has 2 aliphatic rings. The first kappa shape index (κ1) is 18.7. The van der Waals surface area contributed by atoms with Gasteiger partial charge in [-0.2, -0.15) is 0 Å². The molecule has 1 aliphatic heterocycles. The molecule has 2 fully saturated rings. The van der Waals surface area contributed by atoms with Crippen LogP contribution in [0.25, 0.3) is 11.0 Å². The van der Waals surface area contributed by atoms with Crippen LogP contribution in [0.4, 0.5) is 0 Å². The number of nitrogens with zero attached hydrogens (tertiary/aromatic N) is 2. The second-order valence-corrected chi connectivity index (χ2v) is 8.02. The molecule has 1 saturated carbocycles. The number of hydrogen-bond donors (Lipinski definition) is 1. The molecule has 0 radical (unpaired) electrons. The molecule has 1 atom stereocenters. The number of aromatic nitrogens is 2. The molecule has 2 heterocycles. The molecule has 7 nitrogen and oxygen atoms in total. The van der Waals surface area contributed by atoms with E-state index in [4.69, 9.17) is 0 Å². The lowest BCUT2D eigenvalue weighted by molar-refractivity contribution is -0.135. The molecule has 1 aromatic heterocycles. The molecule has 1 N–H and O–H groups in total. The molecular formula is C21H25N3O4. The van der Waals surface area contributed by atoms with Crippen molar-refractivity contribution in [3.8, 4) is 0 Å². The van der Waals surface area contributed by atoms with Crippen LogP contribution in [0.1, 0.15) is 56.6 Å². The normalized spacial score (nSPS) is 21.3. The Hall–Kier alpha value is -2.70. The summed E-state index contributed by atoms with van der Waals surface area (Å²) in [5, 5.41) is 2.33. The van der Waals surface area contributed by atoms with Gasteiger partial charge in [-0.15, -0.1) is 0 Å². The van der Waals surface area contributed by atoms with Crippen LogP contribution in [0.2, 0.25) is 0 Å². The third-order valence-corrected chi connectivity index (χ3v) is 6.18. The number of Topliss-reactive ketones (excluding diaryl/α,β-unsaturated/α-hetero) is 1. The van der Waals surface area contributed by atoms with Crippen LogP contribution in [-0.2, 0) is 27.9 Å². The Kier molecular flexibility index (Phi) is 4.91. The number of nitrogens with one attached hydrogen (secondary N) is 1. The van der Waals surface area contributed by atoms with Gasteiger partial charge in [0, 0.05) is 26.3 Å². The van der Waals surface area contributed by atoms with Gasteiger partial charge in [-0.25, -0.2) is 4.79 Å². The molecule has 4 rings (SSSR count). The largest absolute Gasteiger partial charge is 0.329 e. The highest BCUT2D eigenvalue weighted by molar-refractivity contribution is 6.00. The van der Waals surface area contributed by atoms with E-state index >= 15 is 0 Å². The smallest absolute Gasteiger partial charge is 0.300 e. The van der Waals surface area contributed by atoms with Crippen molar-refractivity contribution in [2.45, 2.75) is 57.4 Å². The third kappa shape index (κ3) is 3.41. The molecule has 1 unspecified atom stereocenters. The van der Waals surface area contributed by atoms with E-state index in [1.165, 1.54) is 4.57 Å². The van der Waals surface area contributed by atoms with Gasteiger partial charge >= 0.3 is 5.69 Å². The fourth-order valence-electron chi connectivity index (χ4n) is 4.45. The number of rotatable bonds is 4. The van der Waals surface area contributed by atoms with Crippen LogP contribution in [0.3, 0.4) is 0 Å². The van der Waals surface area contributed by atoms with Crippen LogP contribution in [0.5, 0.6) is 0 Å². The predicted octanol–water partition coefficient (Wildman–Crippen LogP) is 2.01. The van der Waals surface area contributed by atoms with Gasteiger partial charge in [-0.3, -0.25) is 28.8 Å². The molecule has 7 heteroatoms. The highest BCUT2D eigenvalue weighted by atomic mass is 16.2. The summed E-state index contributed by atoms with van der Waals surface area (Å²) >= 11 is 0. The fourth-order valence-corrected chi connectivity index (χ4v) is 4.45. The Labute approximate surface area is 162 Å². The Morgan fingerprint density at radius 3 is 2.46 bits per heavy atom. The maximum atomic E-state index is 12.8. The maximum Gasteiger partial charge on any atom is 0.329 e. The molecule has 1 aliphatic carbocycles. The number of aryl methyl sites for hydroxylation is 2. The zero-order chi connectivity index (χ0) is 19.8. The number of piperidine rings is 1. The summed E-state index contributed by atoms with van der Waals surface area (Å²) in [5.41, 5.74) is 2.42. The lowest BCUT2D eigenvalue weighted by Gasteiger charge is -2.22. The summed E-state index contributed by atoms with van der Waals surface area (Å²) in [6.07, 6.45) is 5.89. The highest BCUT2D eigenvalue weighted by Crippen LogP contribution is 2.27. The lowest BCUT2D eigenvalue weighted by Crippen LogP contribution is -2.44. The van der Waals surface area contributed by atoms with Crippen molar-refractivity contribution in [2.75, 3.05) is 0 Å². The minimum atomic E-state index is -0.653. The van der Waals surface area contributed by atoms with Crippen molar-refractivity contribution in [3.05, 3.63) is 34.2 Å². The second-order valence-electron chi connectivity index (χ2n) is 8.02. The van der Waals surface area contributed by atoms with Crippen molar-refractivity contribution < 1.29 is 14.4 Å². The van der Waals surface area contributed by atoms with Crippen molar-refractivity contribution in [2.24, 2.45) is 13.0 Å². The van der Waals surface area contributed by atoms with Gasteiger partial charge in [0.25, 0.3) is 0 Å². The Bertz CT molecular complexity index is 1010. The summed E-state index contributed by atoms with van der Waals surface area (Å²) in [6, 6.07) is 5.28. The highest BCUT2D eigenvalue weighted by Gasteiger charge is 2.31. The second kappa shape index (κ2) is 7.37. The summed E-state index contributed by atoms with van der Waals surface area (Å²) in [6.45, 7) is 0. The molecular weight excluding hydrogens is 358 g/mol. The van der Waals surface area contributed by atoms with E-state index in [-0.39, 0.29) is 18.0 Å². The van der Waals surface area contributed by atoms with Crippen LogP contribution in [0, 0.1) is 5.92 Å². The van der Waals surface area contributed by atoms with Gasteiger partial charge in [0.05, 0.1) is 11.0 Å². The Balaban J connectivity index is 1.58. The summed E-state index contributed by atoms with van der Waals surface area (Å²) < 4.78 is 3.08. The number of ketones is 1. The number of amides is 2. The molecule has 0 spiro atoms. The van der Waals surface area contributed by atoms with E-state index in [1.54, 1.807) is 11.6 Å². The molecule has 2 aromatic rings. The number of imidazole rings is 1. The van der Waals surface area contributed by atoms with Crippen molar-refractivity contribution in [3.63, 3.8) is 0 Å². The molecule has 148 valence electrons. The minimum absolute atomic E-state index is 0.237. The Morgan fingerprint density at radius 1 is 1.00 bits per heavy atom. The van der Waals surface area contributed by atoms with Crippen molar-refractivity contribution in [1.29, 1.82) is 0 Å². The van der Waals surface area contributed by atoms with Gasteiger partial charge in [0.15, 0.2) is 0 Å². The van der Waals surface area contributed by atoms with E-state index in [2.05, 4.69) is 5.32 Å². The predicted molar refractivity (Wildman–Crippen MR) is 104 cm³/mol. The van der Waals surface area contributed by atoms with Crippen LogP contribution in [-0.4, -0.2) is 26.7 Å². The summed E-state index contributed by atoms with van der Waals surface area (Å²) in [4.78, 5) is 47.9. The summed E-state index contributed by atoms with van der Waals surface area (Å²) in [7, 11) is 1.71. The quantitative estimate of drug-likeness (QED) is 0.818.